The second-order valence-corrected chi connectivity index (χ2v) is 5.13. The Kier molecular flexibility index (Phi) is 2.76. The zero-order chi connectivity index (χ0) is 11.8. The number of fused-ring (bicyclic) bond motifs is 1. The molecule has 2 N–H and O–H groups in total. The normalized spacial score (nSPS) is 19.1. The van der Waals surface area contributed by atoms with Gasteiger partial charge in [-0.3, -0.25) is 0 Å². The van der Waals surface area contributed by atoms with Crippen LogP contribution in [0.4, 0.5) is 0 Å². The Hall–Kier alpha value is -1.13. The van der Waals surface area contributed by atoms with E-state index in [0.29, 0.717) is 0 Å². The van der Waals surface area contributed by atoms with Crippen LogP contribution in [0, 0.1) is 0 Å². The fourth-order valence-corrected chi connectivity index (χ4v) is 3.11. The summed E-state index contributed by atoms with van der Waals surface area (Å²) in [7, 11) is 0. The van der Waals surface area contributed by atoms with Crippen LogP contribution in [0.5, 0.6) is 0 Å². The van der Waals surface area contributed by atoms with Crippen LogP contribution in [-0.2, 0) is 6.54 Å². The summed E-state index contributed by atoms with van der Waals surface area (Å²) in [6.07, 6.45) is 2.16. The minimum atomic E-state index is 0.100. The van der Waals surface area contributed by atoms with Gasteiger partial charge in [-0.2, -0.15) is 0 Å². The van der Waals surface area contributed by atoms with Crippen molar-refractivity contribution in [2.45, 2.75) is 25.4 Å². The van der Waals surface area contributed by atoms with Crippen molar-refractivity contribution in [3.05, 3.63) is 40.6 Å². The number of halogens is 1. The summed E-state index contributed by atoms with van der Waals surface area (Å²) in [6.45, 7) is 1.01. The summed E-state index contributed by atoms with van der Waals surface area (Å²) < 4.78 is 3.14. The molecule has 1 aromatic heterocycles. The molecule has 88 valence electrons. The first kappa shape index (κ1) is 11.0. The molecule has 1 aliphatic heterocycles. The van der Waals surface area contributed by atoms with Crippen LogP contribution in [0.1, 0.15) is 24.6 Å². The highest BCUT2D eigenvalue weighted by Gasteiger charge is 2.24. The molecule has 3 nitrogen and oxygen atoms in total. The molecule has 0 amide bonds. The second-order valence-electron chi connectivity index (χ2n) is 4.38. The van der Waals surface area contributed by atoms with E-state index in [0.717, 1.165) is 41.1 Å². The van der Waals surface area contributed by atoms with E-state index in [1.807, 2.05) is 18.2 Å². The van der Waals surface area contributed by atoms with Gasteiger partial charge in [0.2, 0.25) is 0 Å². The monoisotopic (exact) mass is 291 g/mol. The Morgan fingerprint density at radius 3 is 2.82 bits per heavy atom. The summed E-state index contributed by atoms with van der Waals surface area (Å²) in [5.74, 6) is 1.02. The molecule has 1 atom stereocenters. The lowest BCUT2D eigenvalue weighted by Crippen LogP contribution is -2.22. The number of benzene rings is 1. The third-order valence-electron chi connectivity index (χ3n) is 3.24. The number of imidazole rings is 1. The largest absolute Gasteiger partial charge is 0.326 e. The fraction of sp³-hybridized carbons (Fsp3) is 0.308. The highest BCUT2D eigenvalue weighted by Crippen LogP contribution is 2.34. The average molecular weight is 292 g/mol. The maximum absolute atomic E-state index is 6.15. The zero-order valence-electron chi connectivity index (χ0n) is 9.44. The van der Waals surface area contributed by atoms with E-state index >= 15 is 0 Å². The highest BCUT2D eigenvalue weighted by atomic mass is 79.9. The number of rotatable bonds is 1. The van der Waals surface area contributed by atoms with Crippen molar-refractivity contribution in [2.24, 2.45) is 5.73 Å². The zero-order valence-corrected chi connectivity index (χ0v) is 11.0. The Morgan fingerprint density at radius 1 is 1.29 bits per heavy atom. The Balaban J connectivity index is 2.17. The van der Waals surface area contributed by atoms with E-state index in [1.54, 1.807) is 0 Å². The molecule has 0 saturated carbocycles. The molecule has 17 heavy (non-hydrogen) atoms. The van der Waals surface area contributed by atoms with E-state index in [-0.39, 0.29) is 6.04 Å². The maximum atomic E-state index is 6.15. The van der Waals surface area contributed by atoms with Gasteiger partial charge >= 0.3 is 0 Å². The topological polar surface area (TPSA) is 43.8 Å². The SMILES string of the molecule is NC1CCCn2c(-c3ccccc3)nc(Br)c21. The summed E-state index contributed by atoms with van der Waals surface area (Å²) in [5, 5.41) is 0. The Bertz CT molecular complexity index is 533. The highest BCUT2D eigenvalue weighted by molar-refractivity contribution is 9.10. The van der Waals surface area contributed by atoms with E-state index < -0.39 is 0 Å². The summed E-state index contributed by atoms with van der Waals surface area (Å²) in [6, 6.07) is 10.4. The van der Waals surface area contributed by atoms with Gasteiger partial charge in [-0.15, -0.1) is 0 Å². The third kappa shape index (κ3) is 1.81. The van der Waals surface area contributed by atoms with Gasteiger partial charge in [-0.05, 0) is 28.8 Å². The molecule has 0 aliphatic carbocycles. The standard InChI is InChI=1S/C13H14BrN3/c14-12-11-10(15)7-4-8-17(11)13(16-12)9-5-2-1-3-6-9/h1-3,5-6,10H,4,7-8,15H2. The average Bonchev–Trinajstić information content (AvgIpc) is 2.69. The molecular formula is C13H14BrN3. The van der Waals surface area contributed by atoms with Crippen LogP contribution < -0.4 is 5.73 Å². The number of hydrogen-bond acceptors (Lipinski definition) is 2. The lowest BCUT2D eigenvalue weighted by atomic mass is 10.1. The van der Waals surface area contributed by atoms with Crippen LogP contribution in [0.15, 0.2) is 34.9 Å². The summed E-state index contributed by atoms with van der Waals surface area (Å²) in [4.78, 5) is 4.61. The Labute approximate surface area is 109 Å². The molecular weight excluding hydrogens is 278 g/mol. The molecule has 4 heteroatoms. The van der Waals surface area contributed by atoms with Gasteiger partial charge in [0, 0.05) is 18.2 Å². The van der Waals surface area contributed by atoms with Crippen molar-refractivity contribution in [3.8, 4) is 11.4 Å². The van der Waals surface area contributed by atoms with Gasteiger partial charge in [0.25, 0.3) is 0 Å². The van der Waals surface area contributed by atoms with Crippen LogP contribution >= 0.6 is 15.9 Å². The molecule has 2 heterocycles. The fourth-order valence-electron chi connectivity index (χ4n) is 2.43. The van der Waals surface area contributed by atoms with Crippen LogP contribution in [-0.4, -0.2) is 9.55 Å². The minimum absolute atomic E-state index is 0.100. The van der Waals surface area contributed by atoms with Crippen molar-refractivity contribution < 1.29 is 0 Å². The summed E-state index contributed by atoms with van der Waals surface area (Å²) >= 11 is 3.53. The molecule has 3 rings (SSSR count). The van der Waals surface area contributed by atoms with E-state index in [9.17, 15) is 0 Å². The lowest BCUT2D eigenvalue weighted by molar-refractivity contribution is 0.464. The molecule has 0 saturated heterocycles. The maximum Gasteiger partial charge on any atom is 0.141 e. The number of hydrogen-bond donors (Lipinski definition) is 1. The number of aromatic nitrogens is 2. The van der Waals surface area contributed by atoms with Gasteiger partial charge in [-0.1, -0.05) is 30.3 Å². The Morgan fingerprint density at radius 2 is 2.06 bits per heavy atom. The molecule has 1 aromatic carbocycles. The van der Waals surface area contributed by atoms with E-state index in [1.165, 1.54) is 0 Å². The molecule has 1 aliphatic rings. The van der Waals surface area contributed by atoms with Gasteiger partial charge in [0.1, 0.15) is 10.4 Å². The minimum Gasteiger partial charge on any atom is -0.326 e. The predicted molar refractivity (Wildman–Crippen MR) is 71.5 cm³/mol. The van der Waals surface area contributed by atoms with Crippen molar-refractivity contribution in [3.63, 3.8) is 0 Å². The molecule has 2 aromatic rings. The van der Waals surface area contributed by atoms with Crippen LogP contribution in [0.2, 0.25) is 0 Å². The smallest absolute Gasteiger partial charge is 0.141 e. The van der Waals surface area contributed by atoms with Crippen molar-refractivity contribution in [1.29, 1.82) is 0 Å². The first-order valence-electron chi connectivity index (χ1n) is 5.84. The first-order valence-corrected chi connectivity index (χ1v) is 6.63. The van der Waals surface area contributed by atoms with Gasteiger partial charge in [0.15, 0.2) is 0 Å². The second kappa shape index (κ2) is 4.27. The summed E-state index contributed by atoms with van der Waals surface area (Å²) in [5.41, 5.74) is 8.43. The number of nitrogens with two attached hydrogens (primary N) is 1. The quantitative estimate of drug-likeness (QED) is 0.877. The van der Waals surface area contributed by atoms with Crippen molar-refractivity contribution in [2.75, 3.05) is 0 Å². The van der Waals surface area contributed by atoms with Crippen LogP contribution in [0.3, 0.4) is 0 Å². The molecule has 0 spiro atoms. The van der Waals surface area contributed by atoms with Crippen molar-refractivity contribution in [1.82, 2.24) is 9.55 Å². The van der Waals surface area contributed by atoms with Gasteiger partial charge < -0.3 is 10.3 Å². The van der Waals surface area contributed by atoms with E-state index in [2.05, 4.69) is 37.6 Å². The molecule has 0 radical (unpaired) electrons. The van der Waals surface area contributed by atoms with Crippen LogP contribution in [0.25, 0.3) is 11.4 Å². The van der Waals surface area contributed by atoms with Gasteiger partial charge in [0.05, 0.1) is 5.69 Å². The molecule has 0 fully saturated rings. The lowest BCUT2D eigenvalue weighted by Gasteiger charge is -2.22. The molecule has 1 unspecified atom stereocenters. The third-order valence-corrected chi connectivity index (χ3v) is 3.83. The van der Waals surface area contributed by atoms with E-state index in [4.69, 9.17) is 5.73 Å². The van der Waals surface area contributed by atoms with Crippen molar-refractivity contribution >= 4 is 15.9 Å². The number of nitrogens with zero attached hydrogens (tertiary/aromatic N) is 2. The van der Waals surface area contributed by atoms with Gasteiger partial charge in [-0.25, -0.2) is 4.98 Å². The first-order chi connectivity index (χ1) is 8.27. The molecule has 0 bridgehead atoms. The predicted octanol–water partition coefficient (Wildman–Crippen LogP) is 3.11.